The molecule has 0 nitrogen and oxygen atoms in total. The Hall–Kier alpha value is -0.260. The van der Waals surface area contributed by atoms with Crippen molar-refractivity contribution in [3.05, 3.63) is 12.2 Å². The average Bonchev–Trinajstić information content (AvgIpc) is 2.66. The lowest BCUT2D eigenvalue weighted by Gasteiger charge is -2.37. The van der Waals surface area contributed by atoms with Crippen LogP contribution in [-0.4, -0.2) is 0 Å². The van der Waals surface area contributed by atoms with Crippen LogP contribution in [-0.2, 0) is 0 Å². The largest absolute Gasteiger partial charge is 0.0998 e. The predicted octanol–water partition coefficient (Wildman–Crippen LogP) is 3.78. The number of hydrogen-bond acceptors (Lipinski definition) is 0. The van der Waals surface area contributed by atoms with Gasteiger partial charge in [-0.25, -0.2) is 0 Å². The summed E-state index contributed by atoms with van der Waals surface area (Å²) in [7, 11) is 0. The van der Waals surface area contributed by atoms with E-state index in [9.17, 15) is 0 Å². The summed E-state index contributed by atoms with van der Waals surface area (Å²) in [6, 6.07) is 0. The Morgan fingerprint density at radius 1 is 1.38 bits per heavy atom. The predicted molar refractivity (Wildman–Crippen MR) is 55.4 cm³/mol. The maximum Gasteiger partial charge on any atom is -0.0224 e. The summed E-state index contributed by atoms with van der Waals surface area (Å²) < 4.78 is 0. The highest BCUT2D eigenvalue weighted by molar-refractivity contribution is 5.15. The van der Waals surface area contributed by atoms with Gasteiger partial charge in [0.25, 0.3) is 0 Å². The Kier molecular flexibility index (Phi) is 1.49. The number of allylic oxidation sites excluding steroid dienone is 1. The van der Waals surface area contributed by atoms with E-state index >= 15 is 0 Å². The van der Waals surface area contributed by atoms with Gasteiger partial charge in [-0.05, 0) is 61.7 Å². The lowest BCUT2D eigenvalue weighted by atomic mass is 9.68. The molecule has 0 aromatic rings. The summed E-state index contributed by atoms with van der Waals surface area (Å²) in [5.41, 5.74) is 2.29. The van der Waals surface area contributed by atoms with Crippen LogP contribution in [0.3, 0.4) is 0 Å². The van der Waals surface area contributed by atoms with Crippen LogP contribution < -0.4 is 0 Å². The fourth-order valence-electron chi connectivity index (χ4n) is 4.72. The van der Waals surface area contributed by atoms with Gasteiger partial charge in [-0.2, -0.15) is 0 Å². The van der Waals surface area contributed by atoms with E-state index in [1.165, 1.54) is 25.7 Å². The SMILES string of the molecule is C=C1CCC2(C1)CC1CC(C)C2C1. The van der Waals surface area contributed by atoms with Gasteiger partial charge in [-0.15, -0.1) is 0 Å². The van der Waals surface area contributed by atoms with E-state index in [1.54, 1.807) is 18.4 Å². The monoisotopic (exact) mass is 176 g/mol. The molecule has 3 aliphatic carbocycles. The minimum atomic E-state index is 0.749. The van der Waals surface area contributed by atoms with Crippen molar-refractivity contribution in [1.29, 1.82) is 0 Å². The number of hydrogen-bond donors (Lipinski definition) is 0. The molecule has 0 N–H and O–H groups in total. The third kappa shape index (κ3) is 0.978. The molecule has 4 atom stereocenters. The summed E-state index contributed by atoms with van der Waals surface area (Å²) in [5.74, 6) is 3.17. The van der Waals surface area contributed by atoms with Crippen molar-refractivity contribution < 1.29 is 0 Å². The van der Waals surface area contributed by atoms with Gasteiger partial charge in [-0.3, -0.25) is 0 Å². The van der Waals surface area contributed by atoms with Crippen LogP contribution in [0.1, 0.15) is 45.4 Å². The summed E-state index contributed by atoms with van der Waals surface area (Å²) >= 11 is 0. The normalized spacial score (nSPS) is 53.9. The van der Waals surface area contributed by atoms with Crippen molar-refractivity contribution in [2.75, 3.05) is 0 Å². The molecule has 0 heterocycles. The summed E-state index contributed by atoms with van der Waals surface area (Å²) in [5, 5.41) is 0. The Bertz CT molecular complexity index is 253. The molecule has 4 unspecified atom stereocenters. The van der Waals surface area contributed by atoms with E-state index in [-0.39, 0.29) is 0 Å². The molecule has 13 heavy (non-hydrogen) atoms. The van der Waals surface area contributed by atoms with E-state index in [0.717, 1.165) is 23.2 Å². The van der Waals surface area contributed by atoms with Gasteiger partial charge in [0.1, 0.15) is 0 Å². The maximum atomic E-state index is 4.18. The van der Waals surface area contributed by atoms with Crippen molar-refractivity contribution in [2.24, 2.45) is 23.2 Å². The van der Waals surface area contributed by atoms with E-state index in [0.29, 0.717) is 0 Å². The molecule has 0 aromatic heterocycles. The summed E-state index contributed by atoms with van der Waals surface area (Å²) in [6.45, 7) is 6.66. The lowest BCUT2D eigenvalue weighted by molar-refractivity contribution is 0.127. The first kappa shape index (κ1) is 8.08. The van der Waals surface area contributed by atoms with E-state index in [1.807, 2.05) is 0 Å². The molecule has 1 spiro atoms. The highest BCUT2D eigenvalue weighted by atomic mass is 14.6. The zero-order chi connectivity index (χ0) is 9.05. The lowest BCUT2D eigenvalue weighted by Crippen LogP contribution is -2.29. The summed E-state index contributed by atoms with van der Waals surface area (Å²) in [6.07, 6.45) is 8.79. The third-order valence-corrected chi connectivity index (χ3v) is 5.04. The molecule has 3 saturated carbocycles. The minimum absolute atomic E-state index is 0.749. The van der Waals surface area contributed by atoms with Gasteiger partial charge in [0.05, 0.1) is 0 Å². The molecule has 0 aliphatic heterocycles. The Morgan fingerprint density at radius 2 is 2.23 bits per heavy atom. The van der Waals surface area contributed by atoms with Crippen LogP contribution in [0, 0.1) is 23.2 Å². The Balaban J connectivity index is 1.90. The van der Waals surface area contributed by atoms with Crippen LogP contribution >= 0.6 is 0 Å². The molecule has 0 saturated heterocycles. The van der Waals surface area contributed by atoms with Crippen LogP contribution in [0.5, 0.6) is 0 Å². The van der Waals surface area contributed by atoms with Crippen molar-refractivity contribution in [2.45, 2.75) is 45.4 Å². The summed E-state index contributed by atoms with van der Waals surface area (Å²) in [4.78, 5) is 0. The standard InChI is InChI=1S/C13H20/c1-9-3-4-13(7-9)8-11-5-10(2)12(13)6-11/h10-12H,1,3-8H2,2H3. The van der Waals surface area contributed by atoms with Gasteiger partial charge in [-0.1, -0.05) is 19.1 Å². The second-order valence-corrected chi connectivity index (χ2v) is 5.91. The molecule has 3 rings (SSSR count). The van der Waals surface area contributed by atoms with Gasteiger partial charge in [0, 0.05) is 0 Å². The maximum absolute atomic E-state index is 4.18. The molecular weight excluding hydrogens is 156 g/mol. The second-order valence-electron chi connectivity index (χ2n) is 5.91. The van der Waals surface area contributed by atoms with Crippen LogP contribution in [0.15, 0.2) is 12.2 Å². The highest BCUT2D eigenvalue weighted by Crippen LogP contribution is 2.65. The van der Waals surface area contributed by atoms with Gasteiger partial charge in [0.2, 0.25) is 0 Å². The third-order valence-electron chi connectivity index (χ3n) is 5.04. The van der Waals surface area contributed by atoms with Crippen molar-refractivity contribution in [1.82, 2.24) is 0 Å². The number of fused-ring (bicyclic) bond motifs is 3. The molecule has 0 heteroatoms. The van der Waals surface area contributed by atoms with E-state index in [2.05, 4.69) is 13.5 Å². The second kappa shape index (κ2) is 2.40. The smallest absolute Gasteiger partial charge is 0.0224 e. The topological polar surface area (TPSA) is 0 Å². The quantitative estimate of drug-likeness (QED) is 0.493. The van der Waals surface area contributed by atoms with E-state index in [4.69, 9.17) is 0 Å². The first-order chi connectivity index (χ1) is 6.20. The Labute approximate surface area is 81.4 Å². The van der Waals surface area contributed by atoms with Crippen LogP contribution in [0.4, 0.5) is 0 Å². The highest BCUT2D eigenvalue weighted by Gasteiger charge is 2.55. The van der Waals surface area contributed by atoms with Gasteiger partial charge >= 0.3 is 0 Å². The Morgan fingerprint density at radius 3 is 2.77 bits per heavy atom. The molecule has 0 aromatic carbocycles. The van der Waals surface area contributed by atoms with Crippen LogP contribution in [0.25, 0.3) is 0 Å². The number of rotatable bonds is 0. The molecule has 2 bridgehead atoms. The molecule has 0 radical (unpaired) electrons. The van der Waals surface area contributed by atoms with Crippen molar-refractivity contribution in [3.63, 3.8) is 0 Å². The zero-order valence-electron chi connectivity index (χ0n) is 8.68. The molecule has 0 amide bonds. The zero-order valence-corrected chi connectivity index (χ0v) is 8.68. The van der Waals surface area contributed by atoms with E-state index < -0.39 is 0 Å². The molecule has 3 fully saturated rings. The molecule has 3 aliphatic rings. The minimum Gasteiger partial charge on any atom is -0.0998 e. The fourth-order valence-corrected chi connectivity index (χ4v) is 4.72. The first-order valence-electron chi connectivity index (χ1n) is 5.86. The molecular formula is C13H20. The van der Waals surface area contributed by atoms with Crippen molar-refractivity contribution >= 4 is 0 Å². The fraction of sp³-hybridized carbons (Fsp3) is 0.846. The van der Waals surface area contributed by atoms with Gasteiger partial charge in [0.15, 0.2) is 0 Å². The van der Waals surface area contributed by atoms with Crippen molar-refractivity contribution in [3.8, 4) is 0 Å². The first-order valence-corrected chi connectivity index (χ1v) is 5.86. The van der Waals surface area contributed by atoms with Crippen LogP contribution in [0.2, 0.25) is 0 Å². The van der Waals surface area contributed by atoms with Gasteiger partial charge < -0.3 is 0 Å². The molecule has 72 valence electrons. The average molecular weight is 176 g/mol.